The van der Waals surface area contributed by atoms with Gasteiger partial charge < -0.3 is 10.1 Å². The summed E-state index contributed by atoms with van der Waals surface area (Å²) in [5, 5.41) is 2.65. The van der Waals surface area contributed by atoms with Gasteiger partial charge in [0.25, 0.3) is 5.91 Å². The van der Waals surface area contributed by atoms with Crippen LogP contribution >= 0.6 is 0 Å². The van der Waals surface area contributed by atoms with Gasteiger partial charge in [0.15, 0.2) is 0 Å². The molecule has 0 bridgehead atoms. The summed E-state index contributed by atoms with van der Waals surface area (Å²) in [6.45, 7) is 5.77. The fourth-order valence-electron chi connectivity index (χ4n) is 2.20. The maximum absolute atomic E-state index is 12.1. The van der Waals surface area contributed by atoms with Crippen molar-refractivity contribution in [2.45, 2.75) is 25.9 Å². The Kier molecular flexibility index (Phi) is 4.08. The fourth-order valence-corrected chi connectivity index (χ4v) is 2.20. The molecule has 1 aliphatic rings. The smallest absolute Gasteiger partial charge is 0.325 e. The number of nitrogens with zero attached hydrogens (tertiary/aromatic N) is 1. The third kappa shape index (κ3) is 2.66. The normalized spacial score (nSPS) is 18.1. The number of carbonyl (C=O) groups excluding carboxylic acids is 2. The van der Waals surface area contributed by atoms with Crippen LogP contribution < -0.4 is 10.1 Å². The Bertz CT molecular complexity index is 554. The van der Waals surface area contributed by atoms with E-state index >= 15 is 0 Å². The van der Waals surface area contributed by atoms with Crippen LogP contribution in [0.15, 0.2) is 30.9 Å². The molecule has 1 aromatic rings. The van der Waals surface area contributed by atoms with Crippen LogP contribution in [-0.2, 0) is 11.3 Å². The third-order valence-electron chi connectivity index (χ3n) is 3.32. The summed E-state index contributed by atoms with van der Waals surface area (Å²) < 4.78 is 5.25. The van der Waals surface area contributed by atoms with Crippen molar-refractivity contribution >= 4 is 11.9 Å². The fraction of sp³-hybridized carbons (Fsp3) is 0.333. The summed E-state index contributed by atoms with van der Waals surface area (Å²) in [6.07, 6.45) is 2.07. The van der Waals surface area contributed by atoms with Gasteiger partial charge in [0.1, 0.15) is 11.8 Å². The van der Waals surface area contributed by atoms with Gasteiger partial charge in [0.05, 0.1) is 13.7 Å². The van der Waals surface area contributed by atoms with Crippen LogP contribution in [0, 0.1) is 6.92 Å². The van der Waals surface area contributed by atoms with Crippen LogP contribution in [0.1, 0.15) is 17.5 Å². The molecule has 1 fully saturated rings. The Morgan fingerprint density at radius 1 is 1.45 bits per heavy atom. The van der Waals surface area contributed by atoms with Crippen LogP contribution in [0.2, 0.25) is 0 Å². The molecule has 20 heavy (non-hydrogen) atoms. The van der Waals surface area contributed by atoms with E-state index in [4.69, 9.17) is 4.74 Å². The number of urea groups is 1. The molecule has 1 saturated heterocycles. The summed E-state index contributed by atoms with van der Waals surface area (Å²) >= 11 is 0. The molecule has 0 spiro atoms. The topological polar surface area (TPSA) is 58.6 Å². The SMILES string of the molecule is C=CC[C@@H]1NC(=O)N(Cc2ccc(C)c(OC)c2)C1=O. The Morgan fingerprint density at radius 2 is 2.20 bits per heavy atom. The highest BCUT2D eigenvalue weighted by Gasteiger charge is 2.36. The number of methoxy groups -OCH3 is 1. The minimum Gasteiger partial charge on any atom is -0.496 e. The van der Waals surface area contributed by atoms with Gasteiger partial charge in [-0.15, -0.1) is 6.58 Å². The maximum Gasteiger partial charge on any atom is 0.325 e. The molecule has 0 unspecified atom stereocenters. The molecule has 0 aromatic heterocycles. The Morgan fingerprint density at radius 3 is 2.85 bits per heavy atom. The second-order valence-corrected chi connectivity index (χ2v) is 4.75. The predicted molar refractivity (Wildman–Crippen MR) is 75.4 cm³/mol. The number of imide groups is 1. The minimum absolute atomic E-state index is 0.213. The summed E-state index contributed by atoms with van der Waals surface area (Å²) in [7, 11) is 1.60. The number of amides is 3. The number of ether oxygens (including phenoxy) is 1. The van der Waals surface area contributed by atoms with Crippen molar-refractivity contribution in [1.29, 1.82) is 0 Å². The van der Waals surface area contributed by atoms with E-state index in [2.05, 4.69) is 11.9 Å². The van der Waals surface area contributed by atoms with E-state index in [1.165, 1.54) is 4.90 Å². The lowest BCUT2D eigenvalue weighted by Gasteiger charge is -2.14. The lowest BCUT2D eigenvalue weighted by atomic mass is 10.1. The van der Waals surface area contributed by atoms with Crippen LogP contribution in [0.25, 0.3) is 0 Å². The first-order valence-corrected chi connectivity index (χ1v) is 6.43. The molecule has 1 N–H and O–H groups in total. The molecule has 2 rings (SSSR count). The van der Waals surface area contributed by atoms with Gasteiger partial charge in [-0.25, -0.2) is 4.79 Å². The maximum atomic E-state index is 12.1. The molecular weight excluding hydrogens is 256 g/mol. The summed E-state index contributed by atoms with van der Waals surface area (Å²) in [4.78, 5) is 25.1. The van der Waals surface area contributed by atoms with Crippen LogP contribution in [0.3, 0.4) is 0 Å². The minimum atomic E-state index is -0.493. The first-order chi connectivity index (χ1) is 9.56. The van der Waals surface area contributed by atoms with Crippen molar-refractivity contribution in [3.8, 4) is 5.75 Å². The van der Waals surface area contributed by atoms with Crippen molar-refractivity contribution in [1.82, 2.24) is 10.2 Å². The molecule has 106 valence electrons. The summed E-state index contributed by atoms with van der Waals surface area (Å²) in [5.41, 5.74) is 1.87. The van der Waals surface area contributed by atoms with Gasteiger partial charge in [-0.3, -0.25) is 9.69 Å². The number of aryl methyl sites for hydroxylation is 1. The number of hydrogen-bond donors (Lipinski definition) is 1. The Balaban J connectivity index is 2.15. The number of carbonyl (C=O) groups is 2. The highest BCUT2D eigenvalue weighted by molar-refractivity contribution is 6.04. The van der Waals surface area contributed by atoms with Crippen molar-refractivity contribution in [2.24, 2.45) is 0 Å². The monoisotopic (exact) mass is 274 g/mol. The van der Waals surface area contributed by atoms with Crippen molar-refractivity contribution in [2.75, 3.05) is 7.11 Å². The molecule has 0 aliphatic carbocycles. The van der Waals surface area contributed by atoms with Crippen molar-refractivity contribution < 1.29 is 14.3 Å². The standard InChI is InChI=1S/C15H18N2O3/c1-4-5-12-14(18)17(15(19)16-12)9-11-7-6-10(2)13(8-11)20-3/h4,6-8,12H,1,5,9H2,2-3H3,(H,16,19)/t12-/m0/s1. The Labute approximate surface area is 118 Å². The van der Waals surface area contributed by atoms with Crippen molar-refractivity contribution in [3.63, 3.8) is 0 Å². The first-order valence-electron chi connectivity index (χ1n) is 6.43. The second kappa shape index (κ2) is 5.77. The van der Waals surface area contributed by atoms with E-state index < -0.39 is 6.04 Å². The van der Waals surface area contributed by atoms with Crippen LogP contribution in [0.5, 0.6) is 5.75 Å². The molecule has 1 heterocycles. The van der Waals surface area contributed by atoms with Crippen LogP contribution in [-0.4, -0.2) is 30.0 Å². The number of rotatable bonds is 5. The highest BCUT2D eigenvalue weighted by Crippen LogP contribution is 2.21. The first kappa shape index (κ1) is 14.1. The van der Waals surface area contributed by atoms with E-state index in [1.54, 1.807) is 13.2 Å². The summed E-state index contributed by atoms with van der Waals surface area (Å²) in [5.74, 6) is 0.534. The van der Waals surface area contributed by atoms with E-state index in [-0.39, 0.29) is 18.5 Å². The molecule has 1 aromatic carbocycles. The number of hydrogen-bond acceptors (Lipinski definition) is 3. The van der Waals surface area contributed by atoms with Gasteiger partial charge in [0, 0.05) is 0 Å². The van der Waals surface area contributed by atoms with Crippen molar-refractivity contribution in [3.05, 3.63) is 42.0 Å². The molecular formula is C15H18N2O3. The van der Waals surface area contributed by atoms with Gasteiger partial charge in [-0.2, -0.15) is 0 Å². The molecule has 1 atom stereocenters. The van der Waals surface area contributed by atoms with E-state index in [0.29, 0.717) is 6.42 Å². The van der Waals surface area contributed by atoms with Crippen LogP contribution in [0.4, 0.5) is 4.79 Å². The average molecular weight is 274 g/mol. The molecule has 0 saturated carbocycles. The van der Waals surface area contributed by atoms with Gasteiger partial charge >= 0.3 is 6.03 Å². The zero-order valence-electron chi connectivity index (χ0n) is 11.7. The van der Waals surface area contributed by atoms with Gasteiger partial charge in [0.2, 0.25) is 0 Å². The van der Waals surface area contributed by atoms with E-state index in [0.717, 1.165) is 16.9 Å². The zero-order valence-corrected chi connectivity index (χ0v) is 11.7. The lowest BCUT2D eigenvalue weighted by molar-refractivity contribution is -0.127. The predicted octanol–water partition coefficient (Wildman–Crippen LogP) is 2.00. The highest BCUT2D eigenvalue weighted by atomic mass is 16.5. The van der Waals surface area contributed by atoms with E-state index in [1.807, 2.05) is 25.1 Å². The van der Waals surface area contributed by atoms with E-state index in [9.17, 15) is 9.59 Å². The molecule has 5 heteroatoms. The number of benzene rings is 1. The third-order valence-corrected chi connectivity index (χ3v) is 3.32. The van der Waals surface area contributed by atoms with Gasteiger partial charge in [-0.1, -0.05) is 18.2 Å². The molecule has 3 amide bonds. The molecule has 1 aliphatic heterocycles. The lowest BCUT2D eigenvalue weighted by Crippen LogP contribution is -2.30. The van der Waals surface area contributed by atoms with Gasteiger partial charge in [-0.05, 0) is 30.5 Å². The molecule has 0 radical (unpaired) electrons. The molecule has 5 nitrogen and oxygen atoms in total. The average Bonchev–Trinajstić information content (AvgIpc) is 2.69. The number of nitrogens with one attached hydrogen (secondary N) is 1. The largest absolute Gasteiger partial charge is 0.496 e. The Hall–Kier alpha value is -2.30. The quantitative estimate of drug-likeness (QED) is 0.660. The second-order valence-electron chi connectivity index (χ2n) is 4.75. The summed E-state index contributed by atoms with van der Waals surface area (Å²) in [6, 6.07) is 4.79. The zero-order chi connectivity index (χ0) is 14.7.